The van der Waals surface area contributed by atoms with E-state index in [9.17, 15) is 9.18 Å². The van der Waals surface area contributed by atoms with Crippen LogP contribution in [0.15, 0.2) is 48.5 Å². The molecule has 0 fully saturated rings. The molecule has 2 aromatic rings. The molecular formula is C16H15FN2OS. The number of thiocarbonyl (C=S) groups is 1. The Kier molecular flexibility index (Phi) is 5.00. The largest absolute Gasteiger partial charge is 0.393 e. The van der Waals surface area contributed by atoms with Crippen molar-refractivity contribution >= 4 is 23.1 Å². The number of nitrogens with one attached hydrogen (secondary N) is 1. The van der Waals surface area contributed by atoms with E-state index in [2.05, 4.69) is 5.32 Å². The van der Waals surface area contributed by atoms with Crippen molar-refractivity contribution in [3.8, 4) is 0 Å². The molecule has 0 unspecified atom stereocenters. The number of nitrogens with two attached hydrogens (primary N) is 1. The Morgan fingerprint density at radius 3 is 2.38 bits per heavy atom. The maximum absolute atomic E-state index is 13.5. The van der Waals surface area contributed by atoms with Crippen LogP contribution in [0.2, 0.25) is 0 Å². The van der Waals surface area contributed by atoms with Crippen LogP contribution in [-0.4, -0.2) is 10.9 Å². The molecule has 0 radical (unpaired) electrons. The Hall–Kier alpha value is -2.27. The summed E-state index contributed by atoms with van der Waals surface area (Å²) in [6.07, 6.45) is 0.360. The van der Waals surface area contributed by atoms with E-state index in [-0.39, 0.29) is 18.3 Å². The van der Waals surface area contributed by atoms with E-state index < -0.39 is 0 Å². The van der Waals surface area contributed by atoms with Gasteiger partial charge in [0.25, 0.3) is 5.91 Å². The fourth-order valence-electron chi connectivity index (χ4n) is 2.00. The lowest BCUT2D eigenvalue weighted by atomic mass is 10.0. The van der Waals surface area contributed by atoms with Crippen molar-refractivity contribution in [2.24, 2.45) is 5.73 Å². The number of carbonyl (C=O) groups is 1. The van der Waals surface area contributed by atoms with Crippen molar-refractivity contribution in [1.29, 1.82) is 0 Å². The van der Waals surface area contributed by atoms with E-state index in [0.29, 0.717) is 22.5 Å². The molecule has 3 nitrogen and oxygen atoms in total. The first-order chi connectivity index (χ1) is 10.1. The molecule has 0 spiro atoms. The number of hydrogen-bond acceptors (Lipinski definition) is 2. The average molecular weight is 302 g/mol. The summed E-state index contributed by atoms with van der Waals surface area (Å²) in [5.41, 5.74) is 7.23. The molecule has 1 amide bonds. The normalized spacial score (nSPS) is 10.1. The maximum atomic E-state index is 13.5. The summed E-state index contributed by atoms with van der Waals surface area (Å²) in [5, 5.41) is 2.71. The minimum absolute atomic E-state index is 0.132. The van der Waals surface area contributed by atoms with Gasteiger partial charge in [0.2, 0.25) is 0 Å². The van der Waals surface area contributed by atoms with E-state index >= 15 is 0 Å². The Morgan fingerprint density at radius 2 is 1.71 bits per heavy atom. The molecule has 0 aliphatic rings. The second-order valence-corrected chi connectivity index (χ2v) is 5.10. The topological polar surface area (TPSA) is 55.1 Å². The van der Waals surface area contributed by atoms with Crippen LogP contribution in [0.5, 0.6) is 0 Å². The number of amides is 1. The molecule has 108 valence electrons. The van der Waals surface area contributed by atoms with E-state index in [1.54, 1.807) is 36.4 Å². The van der Waals surface area contributed by atoms with Crippen LogP contribution in [0.4, 0.5) is 4.39 Å². The molecule has 0 atom stereocenters. The van der Waals surface area contributed by atoms with Crippen LogP contribution in [0.25, 0.3) is 0 Å². The average Bonchev–Trinajstić information content (AvgIpc) is 2.46. The van der Waals surface area contributed by atoms with Crippen LogP contribution >= 0.6 is 12.2 Å². The third-order valence-electron chi connectivity index (χ3n) is 3.02. The monoisotopic (exact) mass is 302 g/mol. The lowest BCUT2D eigenvalue weighted by Gasteiger charge is -2.10. The maximum Gasteiger partial charge on any atom is 0.251 e. The van der Waals surface area contributed by atoms with Crippen molar-refractivity contribution in [2.45, 2.75) is 13.0 Å². The molecule has 0 aromatic heterocycles. The van der Waals surface area contributed by atoms with Crippen molar-refractivity contribution < 1.29 is 9.18 Å². The van der Waals surface area contributed by atoms with Crippen molar-refractivity contribution in [3.63, 3.8) is 0 Å². The van der Waals surface area contributed by atoms with Crippen LogP contribution < -0.4 is 11.1 Å². The van der Waals surface area contributed by atoms with Gasteiger partial charge in [-0.05, 0) is 17.7 Å². The molecular weight excluding hydrogens is 287 g/mol. The number of hydrogen-bond donors (Lipinski definition) is 2. The fourth-order valence-corrected chi connectivity index (χ4v) is 2.15. The number of halogens is 1. The molecule has 2 rings (SSSR count). The SMILES string of the molecule is NC(=S)Cc1ccccc1C(=O)NCc1ccccc1F. The first kappa shape index (κ1) is 15.1. The standard InChI is InChI=1S/C16H15FN2OS/c17-14-8-4-2-6-12(14)10-19-16(20)13-7-3-1-5-11(13)9-15(18)21/h1-8H,9-10H2,(H2,18,21)(H,19,20). The van der Waals surface area contributed by atoms with Gasteiger partial charge in [0.15, 0.2) is 0 Å². The Labute approximate surface area is 128 Å². The van der Waals surface area contributed by atoms with Gasteiger partial charge in [-0.2, -0.15) is 0 Å². The van der Waals surface area contributed by atoms with Crippen LogP contribution in [0, 0.1) is 5.82 Å². The summed E-state index contributed by atoms with van der Waals surface area (Å²) in [7, 11) is 0. The zero-order valence-corrected chi connectivity index (χ0v) is 12.1. The van der Waals surface area contributed by atoms with Crippen LogP contribution in [0.1, 0.15) is 21.5 Å². The van der Waals surface area contributed by atoms with Gasteiger partial charge < -0.3 is 11.1 Å². The molecule has 2 aromatic carbocycles. The van der Waals surface area contributed by atoms with E-state index in [1.165, 1.54) is 6.07 Å². The third kappa shape index (κ3) is 4.10. The summed E-state index contributed by atoms with van der Waals surface area (Å²) in [5.74, 6) is -0.612. The Morgan fingerprint density at radius 1 is 1.10 bits per heavy atom. The minimum Gasteiger partial charge on any atom is -0.393 e. The van der Waals surface area contributed by atoms with Crippen LogP contribution in [0.3, 0.4) is 0 Å². The Bertz CT molecular complexity index is 673. The van der Waals surface area contributed by atoms with Crippen molar-refractivity contribution in [1.82, 2.24) is 5.32 Å². The molecule has 0 aliphatic carbocycles. The third-order valence-corrected chi connectivity index (χ3v) is 3.17. The summed E-state index contributed by atoms with van der Waals surface area (Å²) < 4.78 is 13.5. The summed E-state index contributed by atoms with van der Waals surface area (Å²) in [6.45, 7) is 0.132. The molecule has 5 heteroatoms. The highest BCUT2D eigenvalue weighted by molar-refractivity contribution is 7.80. The van der Waals surface area contributed by atoms with Gasteiger partial charge >= 0.3 is 0 Å². The smallest absolute Gasteiger partial charge is 0.251 e. The Balaban J connectivity index is 2.10. The molecule has 0 bridgehead atoms. The van der Waals surface area contributed by atoms with E-state index in [4.69, 9.17) is 18.0 Å². The number of carbonyl (C=O) groups excluding carboxylic acids is 1. The predicted molar refractivity (Wildman–Crippen MR) is 84.5 cm³/mol. The fraction of sp³-hybridized carbons (Fsp3) is 0.125. The van der Waals surface area contributed by atoms with Crippen molar-refractivity contribution in [2.75, 3.05) is 0 Å². The highest BCUT2D eigenvalue weighted by Gasteiger charge is 2.11. The van der Waals surface area contributed by atoms with E-state index in [0.717, 1.165) is 5.56 Å². The zero-order valence-electron chi connectivity index (χ0n) is 11.3. The lowest BCUT2D eigenvalue weighted by molar-refractivity contribution is 0.0950. The summed E-state index contributed by atoms with van der Waals surface area (Å²) in [6, 6.07) is 13.4. The van der Waals surface area contributed by atoms with Crippen LogP contribution in [-0.2, 0) is 13.0 Å². The molecule has 0 aliphatic heterocycles. The number of rotatable bonds is 5. The molecule has 0 saturated carbocycles. The van der Waals surface area contributed by atoms with Gasteiger partial charge in [0.05, 0.1) is 4.99 Å². The zero-order chi connectivity index (χ0) is 15.2. The molecule has 3 N–H and O–H groups in total. The summed E-state index contributed by atoms with van der Waals surface area (Å²) >= 11 is 4.88. The van der Waals surface area contributed by atoms with Gasteiger partial charge in [0.1, 0.15) is 5.82 Å². The highest BCUT2D eigenvalue weighted by Crippen LogP contribution is 2.11. The second kappa shape index (κ2) is 6.95. The lowest BCUT2D eigenvalue weighted by Crippen LogP contribution is -2.25. The van der Waals surface area contributed by atoms with Gasteiger partial charge in [0, 0.05) is 24.1 Å². The minimum atomic E-state index is -0.339. The predicted octanol–water partition coefficient (Wildman–Crippen LogP) is 2.58. The first-order valence-electron chi connectivity index (χ1n) is 6.45. The van der Waals surface area contributed by atoms with Gasteiger partial charge in [-0.1, -0.05) is 48.6 Å². The molecule has 0 saturated heterocycles. The van der Waals surface area contributed by atoms with E-state index in [1.807, 2.05) is 6.07 Å². The summed E-state index contributed by atoms with van der Waals surface area (Å²) in [4.78, 5) is 12.5. The highest BCUT2D eigenvalue weighted by atomic mass is 32.1. The van der Waals surface area contributed by atoms with Gasteiger partial charge in [-0.3, -0.25) is 4.79 Å². The number of benzene rings is 2. The molecule has 21 heavy (non-hydrogen) atoms. The van der Waals surface area contributed by atoms with Crippen molar-refractivity contribution in [3.05, 3.63) is 71.0 Å². The molecule has 0 heterocycles. The van der Waals surface area contributed by atoms with Gasteiger partial charge in [-0.15, -0.1) is 0 Å². The quantitative estimate of drug-likeness (QED) is 0.835. The first-order valence-corrected chi connectivity index (χ1v) is 6.86. The second-order valence-electron chi connectivity index (χ2n) is 4.57. The van der Waals surface area contributed by atoms with Gasteiger partial charge in [-0.25, -0.2) is 4.39 Å².